The van der Waals surface area contributed by atoms with Crippen LogP contribution in [0.5, 0.6) is 11.5 Å². The van der Waals surface area contributed by atoms with Crippen LogP contribution in [-0.4, -0.2) is 60.0 Å². The van der Waals surface area contributed by atoms with E-state index in [-0.39, 0.29) is 17.7 Å². The number of methoxy groups -OCH3 is 1. The summed E-state index contributed by atoms with van der Waals surface area (Å²) in [5, 5.41) is 7.57. The normalized spacial score (nSPS) is 17.4. The average molecular weight is 430 g/mol. The third-order valence-corrected chi connectivity index (χ3v) is 6.06. The van der Waals surface area contributed by atoms with Gasteiger partial charge in [0.1, 0.15) is 22.8 Å². The number of ether oxygens (including phenoxy) is 2. The summed E-state index contributed by atoms with van der Waals surface area (Å²) in [5.41, 5.74) is 0.192. The Bertz CT molecular complexity index is 997. The number of anilines is 1. The molecular weight excluding hydrogens is 408 g/mol. The minimum absolute atomic E-state index is 0.183. The Morgan fingerprint density at radius 3 is 2.80 bits per heavy atom. The second-order valence-corrected chi connectivity index (χ2v) is 8.20. The van der Waals surface area contributed by atoms with E-state index >= 15 is 0 Å². The second-order valence-electron chi connectivity index (χ2n) is 7.34. The quantitative estimate of drug-likeness (QED) is 0.770. The van der Waals surface area contributed by atoms with E-state index in [0.717, 1.165) is 0 Å². The summed E-state index contributed by atoms with van der Waals surface area (Å²) < 4.78 is 11.6. The van der Waals surface area contributed by atoms with Gasteiger partial charge in [-0.2, -0.15) is 0 Å². The Labute approximate surface area is 177 Å². The van der Waals surface area contributed by atoms with E-state index in [9.17, 15) is 14.4 Å². The fraction of sp³-hybridized carbons (Fsp3) is 0.400. The number of nitrogens with zero attached hydrogens (tertiary/aromatic N) is 2. The highest BCUT2D eigenvalue weighted by atomic mass is 32.1. The number of amides is 3. The summed E-state index contributed by atoms with van der Waals surface area (Å²) in [6, 6.07) is 5.14. The van der Waals surface area contributed by atoms with Gasteiger partial charge in [-0.1, -0.05) is 0 Å². The number of fused-ring (bicyclic) bond motifs is 1. The van der Waals surface area contributed by atoms with Crippen LogP contribution in [0.25, 0.3) is 0 Å². The van der Waals surface area contributed by atoms with Gasteiger partial charge in [0.05, 0.1) is 19.2 Å². The zero-order chi connectivity index (χ0) is 21.3. The van der Waals surface area contributed by atoms with Crippen molar-refractivity contribution in [2.75, 3.05) is 32.1 Å². The lowest BCUT2D eigenvalue weighted by atomic mass is 9.90. The van der Waals surface area contributed by atoms with Gasteiger partial charge in [-0.3, -0.25) is 14.4 Å². The highest BCUT2D eigenvalue weighted by molar-refractivity contribution is 7.14. The third kappa shape index (κ3) is 3.95. The number of carbonyl (C=O) groups is 3. The van der Waals surface area contributed by atoms with Crippen molar-refractivity contribution in [3.8, 4) is 11.5 Å². The summed E-state index contributed by atoms with van der Waals surface area (Å²) >= 11 is 1.22. The predicted octanol–water partition coefficient (Wildman–Crippen LogP) is 1.91. The Hall–Kier alpha value is -3.14. The number of likely N-dealkylation sites (tertiary alicyclic amines) is 1. The molecule has 0 aliphatic carbocycles. The molecule has 0 radical (unpaired) electrons. The molecule has 1 fully saturated rings. The Morgan fingerprint density at radius 2 is 2.10 bits per heavy atom. The highest BCUT2D eigenvalue weighted by Crippen LogP contribution is 2.35. The van der Waals surface area contributed by atoms with E-state index < -0.39 is 5.60 Å². The largest absolute Gasteiger partial charge is 0.497 e. The number of hydrogen-bond donors (Lipinski definition) is 2. The molecule has 1 saturated heterocycles. The molecular formula is C20H22N4O5S. The van der Waals surface area contributed by atoms with Crippen molar-refractivity contribution < 1.29 is 23.9 Å². The molecule has 0 bridgehead atoms. The number of benzene rings is 1. The van der Waals surface area contributed by atoms with Gasteiger partial charge in [0.25, 0.3) is 11.8 Å². The van der Waals surface area contributed by atoms with Gasteiger partial charge < -0.3 is 25.0 Å². The third-order valence-electron chi connectivity index (χ3n) is 5.30. The van der Waals surface area contributed by atoms with Gasteiger partial charge in [0.2, 0.25) is 5.91 Å². The molecule has 0 saturated carbocycles. The molecule has 30 heavy (non-hydrogen) atoms. The van der Waals surface area contributed by atoms with Crippen LogP contribution in [0.2, 0.25) is 0 Å². The van der Waals surface area contributed by atoms with Gasteiger partial charge in [-0.15, -0.1) is 11.3 Å². The Balaban J connectivity index is 1.46. The summed E-state index contributed by atoms with van der Waals surface area (Å²) in [4.78, 5) is 42.3. The minimum Gasteiger partial charge on any atom is -0.497 e. The van der Waals surface area contributed by atoms with E-state index in [1.807, 2.05) is 0 Å². The standard InChI is InChI=1S/C20H22N4O5S/c1-12(25)22-19-23-15(10-30-19)18(27)24-7-5-20(6-8-24)11-21-17(26)14-4-3-13(28-2)9-16(14)29-20/h3-4,9-10H,5-8,11H2,1-2H3,(H,21,26)(H,22,23,25). The van der Waals surface area contributed by atoms with Crippen LogP contribution in [0.15, 0.2) is 23.6 Å². The van der Waals surface area contributed by atoms with Crippen LogP contribution in [0.1, 0.15) is 40.6 Å². The molecule has 3 heterocycles. The second kappa shape index (κ2) is 7.94. The number of hydrogen-bond acceptors (Lipinski definition) is 7. The topological polar surface area (TPSA) is 110 Å². The Morgan fingerprint density at radius 1 is 1.33 bits per heavy atom. The molecule has 9 nitrogen and oxygen atoms in total. The van der Waals surface area contributed by atoms with Gasteiger partial charge in [-0.25, -0.2) is 4.98 Å². The molecule has 1 aromatic heterocycles. The van der Waals surface area contributed by atoms with Crippen molar-refractivity contribution in [1.29, 1.82) is 0 Å². The van der Waals surface area contributed by atoms with E-state index in [2.05, 4.69) is 15.6 Å². The first kappa shape index (κ1) is 20.1. The Kier molecular flexibility index (Phi) is 5.33. The van der Waals surface area contributed by atoms with Crippen molar-refractivity contribution in [2.24, 2.45) is 0 Å². The monoisotopic (exact) mass is 430 g/mol. The molecule has 0 unspecified atom stereocenters. The maximum atomic E-state index is 12.8. The van der Waals surface area contributed by atoms with E-state index in [0.29, 0.717) is 60.4 Å². The summed E-state index contributed by atoms with van der Waals surface area (Å²) in [5.74, 6) is 0.509. The van der Waals surface area contributed by atoms with Gasteiger partial charge in [0, 0.05) is 44.3 Å². The molecule has 4 rings (SSSR count). The summed E-state index contributed by atoms with van der Waals surface area (Å²) in [6.07, 6.45) is 1.14. The van der Waals surface area contributed by atoms with E-state index in [1.165, 1.54) is 18.3 Å². The van der Waals surface area contributed by atoms with Crippen LogP contribution in [0.3, 0.4) is 0 Å². The molecule has 158 valence electrons. The maximum absolute atomic E-state index is 12.8. The number of piperidine rings is 1. The van der Waals surface area contributed by atoms with Crippen LogP contribution in [0.4, 0.5) is 5.13 Å². The number of thiazole rings is 1. The predicted molar refractivity (Wildman–Crippen MR) is 110 cm³/mol. The lowest BCUT2D eigenvalue weighted by Gasteiger charge is -2.40. The zero-order valence-corrected chi connectivity index (χ0v) is 17.5. The molecule has 2 N–H and O–H groups in total. The van der Waals surface area contributed by atoms with Crippen molar-refractivity contribution >= 4 is 34.2 Å². The molecule has 1 aromatic carbocycles. The first-order valence-electron chi connectivity index (χ1n) is 9.57. The van der Waals surface area contributed by atoms with Crippen LogP contribution in [-0.2, 0) is 4.79 Å². The SMILES string of the molecule is COc1ccc2c(c1)OC1(CCN(C(=O)c3csc(NC(C)=O)n3)CC1)CNC2=O. The smallest absolute Gasteiger partial charge is 0.273 e. The van der Waals surface area contributed by atoms with E-state index in [4.69, 9.17) is 9.47 Å². The van der Waals surface area contributed by atoms with Crippen molar-refractivity contribution in [3.63, 3.8) is 0 Å². The molecule has 0 atom stereocenters. The lowest BCUT2D eigenvalue weighted by molar-refractivity contribution is -0.114. The van der Waals surface area contributed by atoms with Crippen LogP contribution >= 0.6 is 11.3 Å². The van der Waals surface area contributed by atoms with Gasteiger partial charge >= 0.3 is 0 Å². The van der Waals surface area contributed by atoms with E-state index in [1.54, 1.807) is 35.6 Å². The van der Waals surface area contributed by atoms with Crippen LogP contribution < -0.4 is 20.1 Å². The maximum Gasteiger partial charge on any atom is 0.273 e. The first-order valence-corrected chi connectivity index (χ1v) is 10.4. The average Bonchev–Trinajstić information content (AvgIpc) is 3.14. The van der Waals surface area contributed by atoms with Crippen molar-refractivity contribution in [3.05, 3.63) is 34.8 Å². The minimum atomic E-state index is -0.590. The first-order chi connectivity index (χ1) is 14.4. The zero-order valence-electron chi connectivity index (χ0n) is 16.7. The number of rotatable bonds is 3. The molecule has 10 heteroatoms. The molecule has 2 aliphatic rings. The van der Waals surface area contributed by atoms with Gasteiger partial charge in [0.15, 0.2) is 5.13 Å². The fourth-order valence-electron chi connectivity index (χ4n) is 3.65. The van der Waals surface area contributed by atoms with Crippen LogP contribution in [0, 0.1) is 0 Å². The molecule has 1 spiro atoms. The number of aromatic nitrogens is 1. The summed E-state index contributed by atoms with van der Waals surface area (Å²) in [7, 11) is 1.56. The summed E-state index contributed by atoms with van der Waals surface area (Å²) in [6.45, 7) is 2.71. The van der Waals surface area contributed by atoms with Crippen molar-refractivity contribution in [1.82, 2.24) is 15.2 Å². The number of carbonyl (C=O) groups excluding carboxylic acids is 3. The highest BCUT2D eigenvalue weighted by Gasteiger charge is 2.41. The van der Waals surface area contributed by atoms with Gasteiger partial charge in [-0.05, 0) is 12.1 Å². The molecule has 3 amide bonds. The lowest BCUT2D eigenvalue weighted by Crippen LogP contribution is -2.54. The van der Waals surface area contributed by atoms with Crippen molar-refractivity contribution in [2.45, 2.75) is 25.4 Å². The number of nitrogens with one attached hydrogen (secondary N) is 2. The molecule has 2 aromatic rings. The molecule has 2 aliphatic heterocycles. The fourth-order valence-corrected chi connectivity index (χ4v) is 4.38.